The molecule has 1 aliphatic carbocycles. The van der Waals surface area contributed by atoms with Crippen LogP contribution in [0.4, 0.5) is 0 Å². The van der Waals surface area contributed by atoms with Gasteiger partial charge in [0, 0.05) is 12.8 Å². The number of rotatable bonds is 6. The highest BCUT2D eigenvalue weighted by atomic mass is 16.5. The number of ketones is 1. The molecule has 80 valence electrons. The molecular formula is C10H17NO3. The van der Waals surface area contributed by atoms with E-state index >= 15 is 0 Å². The molecule has 14 heavy (non-hydrogen) atoms. The van der Waals surface area contributed by atoms with E-state index in [4.69, 9.17) is 5.21 Å². The van der Waals surface area contributed by atoms with Crippen molar-refractivity contribution in [3.63, 3.8) is 0 Å². The number of hydroxylamine groups is 2. The maximum Gasteiger partial charge on any atom is 0.233 e. The molecule has 0 aromatic carbocycles. The first kappa shape index (κ1) is 11.2. The fourth-order valence-corrected chi connectivity index (χ4v) is 1.93. The van der Waals surface area contributed by atoms with Crippen molar-refractivity contribution in [1.29, 1.82) is 0 Å². The third-order valence-corrected chi connectivity index (χ3v) is 2.73. The van der Waals surface area contributed by atoms with E-state index in [1.807, 2.05) is 0 Å². The van der Waals surface area contributed by atoms with Gasteiger partial charge in [0.15, 0.2) is 0 Å². The quantitative estimate of drug-likeness (QED) is 0.399. The number of amides is 1. The van der Waals surface area contributed by atoms with Gasteiger partial charge in [-0.3, -0.25) is 14.8 Å². The van der Waals surface area contributed by atoms with E-state index in [1.54, 1.807) is 0 Å². The van der Waals surface area contributed by atoms with Crippen LogP contribution in [-0.2, 0) is 9.59 Å². The van der Waals surface area contributed by atoms with Gasteiger partial charge in [-0.25, -0.2) is 5.06 Å². The predicted molar refractivity (Wildman–Crippen MR) is 50.8 cm³/mol. The van der Waals surface area contributed by atoms with Crippen molar-refractivity contribution in [2.75, 3.05) is 6.54 Å². The third kappa shape index (κ3) is 3.87. The van der Waals surface area contributed by atoms with Crippen LogP contribution in [0.2, 0.25) is 0 Å². The first-order valence-corrected chi connectivity index (χ1v) is 5.15. The first-order chi connectivity index (χ1) is 6.72. The lowest BCUT2D eigenvalue weighted by Gasteiger charge is -2.09. The normalized spacial score (nSPS) is 16.9. The van der Waals surface area contributed by atoms with Gasteiger partial charge in [0.05, 0.1) is 6.54 Å². The molecule has 4 heteroatoms. The van der Waals surface area contributed by atoms with E-state index < -0.39 is 0 Å². The molecule has 1 amide bonds. The molecule has 1 aliphatic rings. The first-order valence-electron chi connectivity index (χ1n) is 5.15. The second-order valence-electron chi connectivity index (χ2n) is 3.91. The summed E-state index contributed by atoms with van der Waals surface area (Å²) in [4.78, 5) is 21.4. The van der Waals surface area contributed by atoms with Crippen molar-refractivity contribution in [3.8, 4) is 0 Å². The van der Waals surface area contributed by atoms with Crippen LogP contribution in [0.25, 0.3) is 0 Å². The number of Topliss-reactive ketones (excluding diaryl/α,β-unsaturated/α-hetero) is 1. The third-order valence-electron chi connectivity index (χ3n) is 2.73. The summed E-state index contributed by atoms with van der Waals surface area (Å²) in [5.41, 5.74) is 0. The number of carbonyl (C=O) groups excluding carboxylic acids is 2. The van der Waals surface area contributed by atoms with Crippen molar-refractivity contribution >= 4 is 12.2 Å². The number of hydrogen-bond donors (Lipinski definition) is 1. The lowest BCUT2D eigenvalue weighted by atomic mass is 10.00. The van der Waals surface area contributed by atoms with Gasteiger partial charge in [-0.1, -0.05) is 25.7 Å². The Bertz CT molecular complexity index is 200. The molecule has 0 atom stereocenters. The van der Waals surface area contributed by atoms with Gasteiger partial charge >= 0.3 is 0 Å². The van der Waals surface area contributed by atoms with E-state index in [2.05, 4.69) is 0 Å². The van der Waals surface area contributed by atoms with Gasteiger partial charge in [-0.15, -0.1) is 0 Å². The predicted octanol–water partition coefficient (Wildman–Crippen LogP) is 1.37. The molecule has 0 aliphatic heterocycles. The minimum atomic E-state index is 0.120. The Labute approximate surface area is 83.8 Å². The standard InChI is InChI=1S/C10H17NO3/c12-8-11(14)6-5-10(13)7-9-3-1-2-4-9/h8-9,14H,1-7H2. The molecule has 0 radical (unpaired) electrons. The summed E-state index contributed by atoms with van der Waals surface area (Å²) in [6.07, 6.45) is 5.99. The Hall–Kier alpha value is -0.900. The molecule has 1 saturated carbocycles. The highest BCUT2D eigenvalue weighted by molar-refractivity contribution is 5.79. The smallest absolute Gasteiger partial charge is 0.233 e. The average molecular weight is 199 g/mol. The van der Waals surface area contributed by atoms with Crippen molar-refractivity contribution in [2.24, 2.45) is 5.92 Å². The van der Waals surface area contributed by atoms with Crippen molar-refractivity contribution < 1.29 is 14.8 Å². The summed E-state index contributed by atoms with van der Waals surface area (Å²) in [5, 5.41) is 9.30. The van der Waals surface area contributed by atoms with E-state index in [9.17, 15) is 9.59 Å². The zero-order chi connectivity index (χ0) is 10.4. The Morgan fingerprint density at radius 3 is 2.64 bits per heavy atom. The highest BCUT2D eigenvalue weighted by Crippen LogP contribution is 2.27. The molecule has 4 nitrogen and oxygen atoms in total. The van der Waals surface area contributed by atoms with Gasteiger partial charge in [-0.2, -0.15) is 0 Å². The second kappa shape index (κ2) is 5.75. The summed E-state index contributed by atoms with van der Waals surface area (Å²) in [6.45, 7) is 0.120. The average Bonchev–Trinajstić information content (AvgIpc) is 2.66. The largest absolute Gasteiger partial charge is 0.300 e. The summed E-state index contributed by atoms with van der Waals surface area (Å²) in [5.74, 6) is 0.698. The van der Waals surface area contributed by atoms with Crippen LogP contribution >= 0.6 is 0 Å². The van der Waals surface area contributed by atoms with Gasteiger partial charge in [0.2, 0.25) is 6.41 Å². The van der Waals surface area contributed by atoms with E-state index in [0.29, 0.717) is 23.8 Å². The topological polar surface area (TPSA) is 57.6 Å². The summed E-state index contributed by atoms with van der Waals surface area (Å²) < 4.78 is 0. The molecule has 0 bridgehead atoms. The van der Waals surface area contributed by atoms with Gasteiger partial charge in [0.25, 0.3) is 0 Å². The van der Waals surface area contributed by atoms with Gasteiger partial charge < -0.3 is 0 Å². The highest BCUT2D eigenvalue weighted by Gasteiger charge is 2.18. The second-order valence-corrected chi connectivity index (χ2v) is 3.91. The molecule has 0 aromatic heterocycles. The van der Waals surface area contributed by atoms with Gasteiger partial charge in [0.1, 0.15) is 5.78 Å². The Kier molecular flexibility index (Phi) is 4.59. The minimum absolute atomic E-state index is 0.120. The van der Waals surface area contributed by atoms with Crippen molar-refractivity contribution in [2.45, 2.75) is 38.5 Å². The Balaban J connectivity index is 2.12. The zero-order valence-corrected chi connectivity index (χ0v) is 8.32. The molecule has 0 spiro atoms. The van der Waals surface area contributed by atoms with Crippen molar-refractivity contribution in [1.82, 2.24) is 5.06 Å². The van der Waals surface area contributed by atoms with E-state index in [1.165, 1.54) is 12.8 Å². The monoisotopic (exact) mass is 199 g/mol. The van der Waals surface area contributed by atoms with E-state index in [-0.39, 0.29) is 18.7 Å². The maximum absolute atomic E-state index is 11.4. The van der Waals surface area contributed by atoms with E-state index in [0.717, 1.165) is 12.8 Å². The number of hydrogen-bond acceptors (Lipinski definition) is 3. The SMILES string of the molecule is O=CN(O)CCC(=O)CC1CCCC1. The van der Waals surface area contributed by atoms with Crippen LogP contribution in [0.3, 0.4) is 0 Å². The van der Waals surface area contributed by atoms with Crippen LogP contribution in [0, 0.1) is 5.92 Å². The molecule has 1 fully saturated rings. The molecule has 0 aromatic rings. The number of nitrogens with zero attached hydrogens (tertiary/aromatic N) is 1. The molecule has 1 N–H and O–H groups in total. The fourth-order valence-electron chi connectivity index (χ4n) is 1.93. The molecule has 0 unspecified atom stereocenters. The Morgan fingerprint density at radius 2 is 2.07 bits per heavy atom. The molecule has 0 saturated heterocycles. The van der Waals surface area contributed by atoms with Crippen LogP contribution in [-0.4, -0.2) is 29.0 Å². The van der Waals surface area contributed by atoms with Crippen LogP contribution in [0.15, 0.2) is 0 Å². The summed E-state index contributed by atoms with van der Waals surface area (Å²) in [7, 11) is 0. The molecular weight excluding hydrogens is 182 g/mol. The minimum Gasteiger partial charge on any atom is -0.300 e. The van der Waals surface area contributed by atoms with Gasteiger partial charge in [-0.05, 0) is 5.92 Å². The molecule has 1 rings (SSSR count). The molecule has 0 heterocycles. The van der Waals surface area contributed by atoms with Crippen molar-refractivity contribution in [3.05, 3.63) is 0 Å². The lowest BCUT2D eigenvalue weighted by Crippen LogP contribution is -2.21. The number of carbonyl (C=O) groups is 2. The summed E-state index contributed by atoms with van der Waals surface area (Å²) >= 11 is 0. The van der Waals surface area contributed by atoms with Crippen LogP contribution < -0.4 is 0 Å². The fraction of sp³-hybridized carbons (Fsp3) is 0.800. The Morgan fingerprint density at radius 1 is 1.43 bits per heavy atom. The maximum atomic E-state index is 11.4. The summed E-state index contributed by atoms with van der Waals surface area (Å²) in [6, 6.07) is 0. The zero-order valence-electron chi connectivity index (χ0n) is 8.32. The lowest BCUT2D eigenvalue weighted by molar-refractivity contribution is -0.150. The van der Waals surface area contributed by atoms with Crippen LogP contribution in [0.5, 0.6) is 0 Å². The van der Waals surface area contributed by atoms with Crippen LogP contribution in [0.1, 0.15) is 38.5 Å².